The van der Waals surface area contributed by atoms with Gasteiger partial charge in [-0.25, -0.2) is 9.67 Å². The van der Waals surface area contributed by atoms with E-state index in [9.17, 15) is 9.59 Å². The molecule has 8 heteroatoms. The first-order valence-electron chi connectivity index (χ1n) is 9.17. The van der Waals surface area contributed by atoms with Crippen molar-refractivity contribution in [2.75, 3.05) is 5.32 Å². The lowest BCUT2D eigenvalue weighted by molar-refractivity contribution is 0.103. The zero-order chi connectivity index (χ0) is 20.9. The molecule has 3 heterocycles. The summed E-state index contributed by atoms with van der Waals surface area (Å²) in [6.45, 7) is 7.48. The van der Waals surface area contributed by atoms with Gasteiger partial charge in [-0.1, -0.05) is 0 Å². The van der Waals surface area contributed by atoms with Crippen LogP contribution in [0.5, 0.6) is 0 Å². The smallest absolute Gasteiger partial charge is 0.277 e. The first kappa shape index (κ1) is 19.1. The highest BCUT2D eigenvalue weighted by molar-refractivity contribution is 7.17. The summed E-state index contributed by atoms with van der Waals surface area (Å²) >= 11 is 1.22. The maximum Gasteiger partial charge on any atom is 0.277 e. The zero-order valence-electron chi connectivity index (χ0n) is 16.9. The van der Waals surface area contributed by atoms with Gasteiger partial charge in [-0.3, -0.25) is 9.59 Å². The van der Waals surface area contributed by atoms with E-state index in [1.54, 1.807) is 14.0 Å². The van der Waals surface area contributed by atoms with Gasteiger partial charge in [0, 0.05) is 29.3 Å². The van der Waals surface area contributed by atoms with Crippen LogP contribution < -0.4 is 10.9 Å². The molecule has 0 bridgehead atoms. The van der Waals surface area contributed by atoms with Crippen LogP contribution in [0.4, 0.5) is 5.69 Å². The molecule has 1 aromatic carbocycles. The molecule has 0 fully saturated rings. The molecule has 148 valence electrons. The Morgan fingerprint density at radius 2 is 1.90 bits per heavy atom. The second-order valence-electron chi connectivity index (χ2n) is 7.16. The number of hydrogen-bond donors (Lipinski definition) is 2. The zero-order valence-corrected chi connectivity index (χ0v) is 17.7. The van der Waals surface area contributed by atoms with Gasteiger partial charge in [-0.15, -0.1) is 11.3 Å². The normalized spacial score (nSPS) is 11.2. The average molecular weight is 407 g/mol. The summed E-state index contributed by atoms with van der Waals surface area (Å²) in [4.78, 5) is 33.8. The van der Waals surface area contributed by atoms with Gasteiger partial charge in [0.15, 0.2) is 0 Å². The molecule has 0 saturated carbocycles. The van der Waals surface area contributed by atoms with Crippen molar-refractivity contribution < 1.29 is 4.79 Å². The highest BCUT2D eigenvalue weighted by Gasteiger charge is 2.21. The van der Waals surface area contributed by atoms with E-state index in [-0.39, 0.29) is 11.5 Å². The number of thiazole rings is 1. The van der Waals surface area contributed by atoms with E-state index in [1.807, 2.05) is 45.0 Å². The molecule has 0 aliphatic heterocycles. The Kier molecular flexibility index (Phi) is 4.58. The number of rotatable bonds is 3. The minimum atomic E-state index is -0.238. The van der Waals surface area contributed by atoms with Gasteiger partial charge in [-0.2, -0.15) is 5.10 Å². The third-order valence-corrected chi connectivity index (χ3v) is 6.13. The summed E-state index contributed by atoms with van der Waals surface area (Å²) in [5, 5.41) is 8.71. The molecule has 0 saturated heterocycles. The van der Waals surface area contributed by atoms with Crippen LogP contribution in [0.25, 0.3) is 21.5 Å². The fourth-order valence-corrected chi connectivity index (χ4v) is 4.41. The molecule has 0 atom stereocenters. The second kappa shape index (κ2) is 6.97. The molecule has 1 amide bonds. The predicted molar refractivity (Wildman–Crippen MR) is 116 cm³/mol. The Hall–Kier alpha value is -3.26. The van der Waals surface area contributed by atoms with Crippen LogP contribution in [-0.2, 0) is 7.05 Å². The molecular weight excluding hydrogens is 386 g/mol. The van der Waals surface area contributed by atoms with Crippen LogP contribution in [0.3, 0.4) is 0 Å². The van der Waals surface area contributed by atoms with Gasteiger partial charge in [0.25, 0.3) is 11.5 Å². The second-order valence-corrected chi connectivity index (χ2v) is 8.16. The van der Waals surface area contributed by atoms with E-state index >= 15 is 0 Å². The number of amides is 1. The first-order valence-corrected chi connectivity index (χ1v) is 9.99. The van der Waals surface area contributed by atoms with Crippen molar-refractivity contribution in [1.29, 1.82) is 0 Å². The number of hydrogen-bond acceptors (Lipinski definition) is 5. The quantitative estimate of drug-likeness (QED) is 0.539. The number of carbonyl (C=O) groups excluding carboxylic acids is 1. The van der Waals surface area contributed by atoms with Crippen LogP contribution >= 0.6 is 11.3 Å². The van der Waals surface area contributed by atoms with E-state index in [2.05, 4.69) is 20.4 Å². The van der Waals surface area contributed by atoms with Crippen LogP contribution in [0.15, 0.2) is 29.1 Å². The maximum atomic E-state index is 12.9. The van der Waals surface area contributed by atoms with Gasteiger partial charge >= 0.3 is 0 Å². The molecule has 0 aliphatic rings. The summed E-state index contributed by atoms with van der Waals surface area (Å²) in [5.41, 5.74) is 5.21. The lowest BCUT2D eigenvalue weighted by atomic mass is 10.1. The molecule has 3 aromatic heterocycles. The van der Waals surface area contributed by atoms with E-state index < -0.39 is 0 Å². The van der Waals surface area contributed by atoms with Gasteiger partial charge in [0.05, 0.1) is 17.0 Å². The van der Waals surface area contributed by atoms with E-state index in [0.29, 0.717) is 26.8 Å². The third kappa shape index (κ3) is 3.36. The highest BCUT2D eigenvalue weighted by Crippen LogP contribution is 2.29. The van der Waals surface area contributed by atoms with Crippen molar-refractivity contribution in [3.05, 3.63) is 62.1 Å². The van der Waals surface area contributed by atoms with Crippen molar-refractivity contribution in [3.8, 4) is 10.6 Å². The molecule has 2 N–H and O–H groups in total. The fourth-order valence-electron chi connectivity index (χ4n) is 3.36. The third-order valence-electron chi connectivity index (χ3n) is 4.96. The molecule has 29 heavy (non-hydrogen) atoms. The van der Waals surface area contributed by atoms with Crippen molar-refractivity contribution in [3.63, 3.8) is 0 Å². The SMILES string of the molecule is Cc1cc2cc(NC(=O)c3sc(-c4c(C)c(C)nn(C)c4=O)nc3C)ccc2[nH]1. The Labute approximate surface area is 171 Å². The number of anilines is 1. The maximum absolute atomic E-state index is 12.9. The summed E-state index contributed by atoms with van der Waals surface area (Å²) in [6.07, 6.45) is 0. The topological polar surface area (TPSA) is 92.7 Å². The molecular formula is C21H21N5O2S. The molecule has 4 aromatic rings. The average Bonchev–Trinajstić information content (AvgIpc) is 3.21. The molecule has 0 spiro atoms. The fraction of sp³-hybridized carbons (Fsp3) is 0.238. The number of aromatic amines is 1. The Morgan fingerprint density at radius 3 is 2.66 bits per heavy atom. The minimum Gasteiger partial charge on any atom is -0.359 e. The Morgan fingerprint density at radius 1 is 1.14 bits per heavy atom. The van der Waals surface area contributed by atoms with Gasteiger partial charge in [-0.05, 0) is 57.5 Å². The summed E-state index contributed by atoms with van der Waals surface area (Å²) in [5.74, 6) is -0.238. The van der Waals surface area contributed by atoms with Gasteiger partial charge < -0.3 is 10.3 Å². The van der Waals surface area contributed by atoms with E-state index in [1.165, 1.54) is 16.0 Å². The van der Waals surface area contributed by atoms with Crippen molar-refractivity contribution in [2.24, 2.45) is 7.05 Å². The Bertz CT molecular complexity index is 1330. The number of aryl methyl sites for hydroxylation is 4. The summed E-state index contributed by atoms with van der Waals surface area (Å²) < 4.78 is 1.31. The summed E-state index contributed by atoms with van der Waals surface area (Å²) in [6, 6.07) is 7.76. The molecule has 7 nitrogen and oxygen atoms in total. The van der Waals surface area contributed by atoms with Crippen molar-refractivity contribution in [2.45, 2.75) is 27.7 Å². The number of nitrogens with one attached hydrogen (secondary N) is 2. The van der Waals surface area contributed by atoms with Crippen molar-refractivity contribution >= 4 is 33.8 Å². The molecule has 0 unspecified atom stereocenters. The Balaban J connectivity index is 1.69. The van der Waals surface area contributed by atoms with Crippen molar-refractivity contribution in [1.82, 2.24) is 19.7 Å². The predicted octanol–water partition coefficient (Wildman–Crippen LogP) is 3.87. The van der Waals surface area contributed by atoms with Gasteiger partial charge in [0.2, 0.25) is 0 Å². The first-order chi connectivity index (χ1) is 13.7. The number of nitrogens with zero attached hydrogens (tertiary/aromatic N) is 3. The number of carbonyl (C=O) groups is 1. The van der Waals surface area contributed by atoms with E-state index in [0.717, 1.165) is 27.9 Å². The standard InChI is InChI=1S/C21H21N5O2S/c1-10-8-14-9-15(6-7-16(14)22-10)24-19(27)18-13(4)23-20(29-18)17-11(2)12(3)25-26(5)21(17)28/h6-9,22H,1-5H3,(H,24,27). The number of aromatic nitrogens is 4. The van der Waals surface area contributed by atoms with E-state index in [4.69, 9.17) is 0 Å². The minimum absolute atomic E-state index is 0.220. The largest absolute Gasteiger partial charge is 0.359 e. The lowest BCUT2D eigenvalue weighted by Gasteiger charge is -2.07. The number of fused-ring (bicyclic) bond motifs is 1. The van der Waals surface area contributed by atoms with Crippen LogP contribution in [0, 0.1) is 27.7 Å². The highest BCUT2D eigenvalue weighted by atomic mass is 32.1. The molecule has 4 rings (SSSR count). The van der Waals surface area contributed by atoms with Crippen LogP contribution in [0.1, 0.15) is 32.3 Å². The number of benzene rings is 1. The molecule has 0 radical (unpaired) electrons. The lowest BCUT2D eigenvalue weighted by Crippen LogP contribution is -2.23. The monoisotopic (exact) mass is 407 g/mol. The summed E-state index contributed by atoms with van der Waals surface area (Å²) in [7, 11) is 1.62. The van der Waals surface area contributed by atoms with Gasteiger partial charge in [0.1, 0.15) is 9.88 Å². The van der Waals surface area contributed by atoms with Crippen LogP contribution in [-0.4, -0.2) is 25.7 Å². The molecule has 0 aliphatic carbocycles. The van der Waals surface area contributed by atoms with Crippen LogP contribution in [0.2, 0.25) is 0 Å². The number of H-pyrrole nitrogens is 1.